The predicted octanol–water partition coefficient (Wildman–Crippen LogP) is 1.18. The summed E-state index contributed by atoms with van der Waals surface area (Å²) in [6, 6.07) is 9.74. The average molecular weight is 288 g/mol. The van der Waals surface area contributed by atoms with Crippen molar-refractivity contribution in [2.24, 2.45) is 0 Å². The third-order valence-electron chi connectivity index (χ3n) is 3.02. The molecule has 0 radical (unpaired) electrons. The Morgan fingerprint density at radius 1 is 1.15 bits per heavy atom. The average Bonchev–Trinajstić information content (AvgIpc) is 2.84. The van der Waals surface area contributed by atoms with E-state index < -0.39 is 0 Å². The number of rotatable bonds is 3. The molecule has 0 bridgehead atoms. The summed E-state index contributed by atoms with van der Waals surface area (Å²) in [7, 11) is 0. The van der Waals surface area contributed by atoms with Gasteiger partial charge in [-0.15, -0.1) is 0 Å². The van der Waals surface area contributed by atoms with E-state index in [-0.39, 0.29) is 16.6 Å². The fourth-order valence-electron chi connectivity index (χ4n) is 2.12. The molecule has 6 nitrogen and oxygen atoms in total. The molecule has 0 saturated carbocycles. The lowest BCUT2D eigenvalue weighted by atomic mass is 10.2. The van der Waals surface area contributed by atoms with Crippen molar-refractivity contribution in [2.45, 2.75) is 11.7 Å². The van der Waals surface area contributed by atoms with Gasteiger partial charge in [-0.25, -0.2) is 4.98 Å². The van der Waals surface area contributed by atoms with E-state index in [0.29, 0.717) is 17.2 Å². The van der Waals surface area contributed by atoms with Crippen LogP contribution in [0.3, 0.4) is 0 Å². The number of imidazole rings is 1. The van der Waals surface area contributed by atoms with Crippen molar-refractivity contribution in [3.8, 4) is 0 Å². The van der Waals surface area contributed by atoms with Crippen LogP contribution < -0.4 is 11.1 Å². The first-order valence-electron chi connectivity index (χ1n) is 6.00. The highest BCUT2D eigenvalue weighted by Crippen LogP contribution is 2.19. The van der Waals surface area contributed by atoms with E-state index in [4.69, 9.17) is 0 Å². The van der Waals surface area contributed by atoms with Gasteiger partial charge in [-0.2, -0.15) is 0 Å². The van der Waals surface area contributed by atoms with E-state index in [0.717, 1.165) is 5.56 Å². The van der Waals surface area contributed by atoms with Gasteiger partial charge >= 0.3 is 0 Å². The summed E-state index contributed by atoms with van der Waals surface area (Å²) in [5.74, 6) is 0. The molecule has 0 spiro atoms. The van der Waals surface area contributed by atoms with Crippen LogP contribution in [0.1, 0.15) is 5.56 Å². The van der Waals surface area contributed by atoms with Crippen LogP contribution in [0.5, 0.6) is 0 Å². The van der Waals surface area contributed by atoms with E-state index in [2.05, 4.69) is 15.2 Å². The number of aromatic amines is 2. The number of thioether (sulfide) groups is 1. The lowest BCUT2D eigenvalue weighted by molar-refractivity contribution is 0.728. The van der Waals surface area contributed by atoms with Crippen LogP contribution in [0.25, 0.3) is 11.0 Å². The molecule has 0 atom stereocenters. The van der Waals surface area contributed by atoms with Crippen molar-refractivity contribution in [1.82, 2.24) is 19.7 Å². The predicted molar refractivity (Wildman–Crippen MR) is 78.3 cm³/mol. The van der Waals surface area contributed by atoms with Crippen LogP contribution in [0.4, 0.5) is 0 Å². The Bertz CT molecular complexity index is 863. The van der Waals surface area contributed by atoms with Crippen LogP contribution >= 0.6 is 11.8 Å². The first kappa shape index (κ1) is 12.7. The van der Waals surface area contributed by atoms with Crippen LogP contribution in [0.15, 0.2) is 45.1 Å². The minimum Gasteiger partial charge on any atom is -0.310 e. The van der Waals surface area contributed by atoms with Crippen LogP contribution in [0, 0.1) is 0 Å². The monoisotopic (exact) mass is 288 g/mol. The summed E-state index contributed by atoms with van der Waals surface area (Å²) >= 11 is 1.40. The van der Waals surface area contributed by atoms with Gasteiger partial charge in [0, 0.05) is 0 Å². The summed E-state index contributed by atoms with van der Waals surface area (Å²) in [4.78, 5) is 28.0. The molecule has 0 fully saturated rings. The highest BCUT2D eigenvalue weighted by Gasteiger charge is 2.16. The summed E-state index contributed by atoms with van der Waals surface area (Å²) < 4.78 is 1.77. The minimum absolute atomic E-state index is 0.175. The van der Waals surface area contributed by atoms with Gasteiger partial charge in [0.2, 0.25) is 0 Å². The maximum Gasteiger partial charge on any atom is 0.290 e. The summed E-state index contributed by atoms with van der Waals surface area (Å²) in [6.45, 7) is 0.500. The number of H-pyrrole nitrogens is 2. The lowest BCUT2D eigenvalue weighted by Gasteiger charge is -2.06. The molecule has 0 aliphatic rings. The van der Waals surface area contributed by atoms with Crippen molar-refractivity contribution in [2.75, 3.05) is 6.26 Å². The zero-order valence-corrected chi connectivity index (χ0v) is 11.5. The summed E-state index contributed by atoms with van der Waals surface area (Å²) in [5, 5.41) is 5.28. The second-order valence-electron chi connectivity index (χ2n) is 4.28. The van der Waals surface area contributed by atoms with Crippen LogP contribution in [-0.4, -0.2) is 26.0 Å². The molecule has 0 aliphatic heterocycles. The maximum atomic E-state index is 12.0. The quantitative estimate of drug-likeness (QED) is 0.709. The molecular weight excluding hydrogens is 276 g/mol. The molecule has 2 heterocycles. The molecule has 2 aromatic heterocycles. The Balaban J connectivity index is 2.26. The number of aromatic nitrogens is 4. The van der Waals surface area contributed by atoms with Crippen LogP contribution in [0.2, 0.25) is 0 Å². The van der Waals surface area contributed by atoms with E-state index >= 15 is 0 Å². The lowest BCUT2D eigenvalue weighted by Crippen LogP contribution is -2.20. The molecule has 0 amide bonds. The molecule has 20 heavy (non-hydrogen) atoms. The Kier molecular flexibility index (Phi) is 3.19. The molecule has 0 saturated heterocycles. The van der Waals surface area contributed by atoms with Gasteiger partial charge in [0.25, 0.3) is 11.1 Å². The third kappa shape index (κ3) is 2.05. The Labute approximate surface area is 117 Å². The molecule has 0 aliphatic carbocycles. The minimum atomic E-state index is -0.387. The molecule has 3 rings (SSSR count). The van der Waals surface area contributed by atoms with Crippen molar-refractivity contribution in [3.05, 3.63) is 56.6 Å². The number of nitrogens with one attached hydrogen (secondary N) is 2. The fourth-order valence-corrected chi connectivity index (χ4v) is 2.68. The van der Waals surface area contributed by atoms with Crippen molar-refractivity contribution in [1.29, 1.82) is 0 Å². The van der Waals surface area contributed by atoms with E-state index in [1.54, 1.807) is 4.57 Å². The topological polar surface area (TPSA) is 83.5 Å². The molecular formula is C13H12N4O2S. The molecule has 0 unspecified atom stereocenters. The van der Waals surface area contributed by atoms with Crippen molar-refractivity contribution in [3.63, 3.8) is 0 Å². The third-order valence-corrected chi connectivity index (χ3v) is 3.70. The van der Waals surface area contributed by atoms with E-state index in [1.165, 1.54) is 11.8 Å². The SMILES string of the molecule is CSc1nc2c(=O)[nH][nH]c(=O)c2n1Cc1ccccc1. The molecule has 102 valence electrons. The number of nitrogens with zero attached hydrogens (tertiary/aromatic N) is 2. The van der Waals surface area contributed by atoms with Gasteiger partial charge in [-0.3, -0.25) is 19.8 Å². The Morgan fingerprint density at radius 3 is 2.55 bits per heavy atom. The number of hydrogen-bond acceptors (Lipinski definition) is 4. The molecule has 7 heteroatoms. The number of fused-ring (bicyclic) bond motifs is 1. The van der Waals surface area contributed by atoms with Crippen molar-refractivity contribution >= 4 is 22.8 Å². The second-order valence-corrected chi connectivity index (χ2v) is 5.05. The first-order chi connectivity index (χ1) is 9.70. The molecule has 1 aromatic carbocycles. The standard InChI is InChI=1S/C13H12N4O2S/c1-20-13-14-9-10(12(19)16-15-11(9)18)17(13)7-8-5-3-2-4-6-8/h2-6H,7H2,1H3,(H,15,18)(H,16,19). The molecule has 2 N–H and O–H groups in total. The number of hydrogen-bond donors (Lipinski definition) is 2. The molecule has 3 aromatic rings. The smallest absolute Gasteiger partial charge is 0.290 e. The van der Waals surface area contributed by atoms with E-state index in [1.807, 2.05) is 36.6 Å². The van der Waals surface area contributed by atoms with Crippen LogP contribution in [-0.2, 0) is 6.54 Å². The Morgan fingerprint density at radius 2 is 1.85 bits per heavy atom. The van der Waals surface area contributed by atoms with Gasteiger partial charge in [-0.05, 0) is 11.8 Å². The largest absolute Gasteiger partial charge is 0.310 e. The van der Waals surface area contributed by atoms with Gasteiger partial charge in [0.05, 0.1) is 6.54 Å². The zero-order chi connectivity index (χ0) is 14.1. The second kappa shape index (κ2) is 5.01. The fraction of sp³-hybridized carbons (Fsp3) is 0.154. The highest BCUT2D eigenvalue weighted by atomic mass is 32.2. The Hall–Kier alpha value is -2.28. The zero-order valence-electron chi connectivity index (χ0n) is 10.7. The maximum absolute atomic E-state index is 12.0. The summed E-state index contributed by atoms with van der Waals surface area (Å²) in [5.41, 5.74) is 0.794. The normalized spacial score (nSPS) is 11.1. The van der Waals surface area contributed by atoms with Crippen molar-refractivity contribution < 1.29 is 0 Å². The van der Waals surface area contributed by atoms with Gasteiger partial charge < -0.3 is 4.57 Å². The summed E-state index contributed by atoms with van der Waals surface area (Å²) in [6.07, 6.45) is 1.87. The van der Waals surface area contributed by atoms with Gasteiger partial charge in [-0.1, -0.05) is 42.1 Å². The van der Waals surface area contributed by atoms with Gasteiger partial charge in [0.1, 0.15) is 5.52 Å². The van der Waals surface area contributed by atoms with Gasteiger partial charge in [0.15, 0.2) is 10.7 Å². The number of benzene rings is 1. The van der Waals surface area contributed by atoms with E-state index in [9.17, 15) is 9.59 Å². The first-order valence-corrected chi connectivity index (χ1v) is 7.22. The highest BCUT2D eigenvalue weighted by molar-refractivity contribution is 7.98.